The number of halogens is 1. The van der Waals surface area contributed by atoms with Crippen molar-refractivity contribution in [1.29, 1.82) is 0 Å². The Morgan fingerprint density at radius 3 is 2.73 bits per heavy atom. The summed E-state index contributed by atoms with van der Waals surface area (Å²) in [6.07, 6.45) is 3.62. The normalized spacial score (nSPS) is 15.2. The maximum absolute atomic E-state index is 5.60. The van der Waals surface area contributed by atoms with Crippen LogP contribution in [0.5, 0.6) is 0 Å². The van der Waals surface area contributed by atoms with Crippen molar-refractivity contribution in [1.82, 2.24) is 5.43 Å². The van der Waals surface area contributed by atoms with Crippen LogP contribution in [0.4, 0.5) is 0 Å². The summed E-state index contributed by atoms with van der Waals surface area (Å²) in [5.74, 6) is 6.32. The van der Waals surface area contributed by atoms with Crippen LogP contribution in [0.1, 0.15) is 44.0 Å². The highest BCUT2D eigenvalue weighted by molar-refractivity contribution is 9.11. The summed E-state index contributed by atoms with van der Waals surface area (Å²) in [5, 5.41) is 0. The van der Waals surface area contributed by atoms with E-state index in [2.05, 4.69) is 47.3 Å². The van der Waals surface area contributed by atoms with Gasteiger partial charge in [-0.3, -0.25) is 11.3 Å². The fraction of sp³-hybridized carbons (Fsp3) is 0.636. The summed E-state index contributed by atoms with van der Waals surface area (Å²) in [7, 11) is 0. The molecule has 15 heavy (non-hydrogen) atoms. The van der Waals surface area contributed by atoms with E-state index in [1.54, 1.807) is 11.3 Å². The van der Waals surface area contributed by atoms with E-state index in [1.807, 2.05) is 0 Å². The zero-order valence-electron chi connectivity index (χ0n) is 9.29. The maximum atomic E-state index is 5.60. The molecule has 0 saturated heterocycles. The minimum absolute atomic E-state index is 0.294. The number of hydrazine groups is 1. The smallest absolute Gasteiger partial charge is 0.0702 e. The van der Waals surface area contributed by atoms with E-state index in [9.17, 15) is 0 Å². The molecular weight excluding hydrogens is 272 g/mol. The first-order chi connectivity index (χ1) is 7.17. The van der Waals surface area contributed by atoms with Crippen molar-refractivity contribution in [3.8, 4) is 0 Å². The molecule has 1 aromatic heterocycles. The zero-order chi connectivity index (χ0) is 11.3. The predicted molar refractivity (Wildman–Crippen MR) is 70.8 cm³/mol. The molecule has 1 heterocycles. The lowest BCUT2D eigenvalue weighted by Gasteiger charge is -2.18. The highest BCUT2D eigenvalue weighted by Gasteiger charge is 2.15. The van der Waals surface area contributed by atoms with Crippen LogP contribution in [-0.4, -0.2) is 0 Å². The Balaban J connectivity index is 2.56. The Hall–Kier alpha value is 0.1000. The molecule has 0 aliphatic rings. The Labute approximate surface area is 104 Å². The van der Waals surface area contributed by atoms with Gasteiger partial charge in [-0.2, -0.15) is 0 Å². The Morgan fingerprint density at radius 2 is 2.27 bits per heavy atom. The summed E-state index contributed by atoms with van der Waals surface area (Å²) >= 11 is 5.23. The summed E-state index contributed by atoms with van der Waals surface area (Å²) in [6, 6.07) is 4.51. The minimum atomic E-state index is 0.294. The van der Waals surface area contributed by atoms with Crippen LogP contribution in [0, 0.1) is 5.92 Å². The topological polar surface area (TPSA) is 38.0 Å². The summed E-state index contributed by atoms with van der Waals surface area (Å²) in [4.78, 5) is 1.31. The van der Waals surface area contributed by atoms with Crippen molar-refractivity contribution in [2.75, 3.05) is 0 Å². The molecule has 0 aromatic carbocycles. The van der Waals surface area contributed by atoms with Gasteiger partial charge in [0.1, 0.15) is 0 Å². The summed E-state index contributed by atoms with van der Waals surface area (Å²) in [5.41, 5.74) is 2.91. The SMILES string of the molecule is CCCC(C)CC(NN)c1ccc(Br)s1. The number of nitrogens with two attached hydrogens (primary N) is 1. The monoisotopic (exact) mass is 290 g/mol. The average molecular weight is 291 g/mol. The lowest BCUT2D eigenvalue weighted by molar-refractivity contribution is 0.398. The molecule has 1 rings (SSSR count). The molecule has 0 spiro atoms. The third-order valence-corrected chi connectivity index (χ3v) is 4.30. The number of hydrogen-bond donors (Lipinski definition) is 2. The quantitative estimate of drug-likeness (QED) is 0.617. The predicted octanol–water partition coefficient (Wildman–Crippen LogP) is 3.84. The minimum Gasteiger partial charge on any atom is -0.271 e. The molecule has 3 N–H and O–H groups in total. The van der Waals surface area contributed by atoms with Gasteiger partial charge in [0, 0.05) is 4.88 Å². The van der Waals surface area contributed by atoms with E-state index in [0.29, 0.717) is 6.04 Å². The second-order valence-electron chi connectivity index (χ2n) is 3.99. The van der Waals surface area contributed by atoms with E-state index in [0.717, 1.165) is 12.3 Å². The average Bonchev–Trinajstić information content (AvgIpc) is 2.61. The van der Waals surface area contributed by atoms with E-state index in [4.69, 9.17) is 5.84 Å². The van der Waals surface area contributed by atoms with E-state index in [-0.39, 0.29) is 0 Å². The molecule has 2 unspecified atom stereocenters. The van der Waals surface area contributed by atoms with Gasteiger partial charge in [0.05, 0.1) is 9.83 Å². The first kappa shape index (κ1) is 13.2. The van der Waals surface area contributed by atoms with E-state index in [1.165, 1.54) is 21.5 Å². The number of thiophene rings is 1. The van der Waals surface area contributed by atoms with Crippen LogP contribution in [-0.2, 0) is 0 Å². The lowest BCUT2D eigenvalue weighted by Crippen LogP contribution is -2.28. The molecule has 0 radical (unpaired) electrons. The third kappa shape index (κ3) is 4.23. The van der Waals surface area contributed by atoms with Gasteiger partial charge in [-0.15, -0.1) is 11.3 Å². The fourth-order valence-electron chi connectivity index (χ4n) is 1.79. The molecule has 0 saturated carbocycles. The fourth-order valence-corrected chi connectivity index (χ4v) is 3.29. The molecule has 0 aliphatic carbocycles. The van der Waals surface area contributed by atoms with Crippen molar-refractivity contribution >= 4 is 27.3 Å². The van der Waals surface area contributed by atoms with Crippen LogP contribution in [0.3, 0.4) is 0 Å². The van der Waals surface area contributed by atoms with Crippen LogP contribution >= 0.6 is 27.3 Å². The molecule has 0 fully saturated rings. The van der Waals surface area contributed by atoms with Gasteiger partial charge in [0.25, 0.3) is 0 Å². The second kappa shape index (κ2) is 6.63. The first-order valence-corrected chi connectivity index (χ1v) is 6.99. The number of rotatable bonds is 6. The molecule has 0 amide bonds. The molecular formula is C11H19BrN2S. The molecule has 2 nitrogen and oxygen atoms in total. The standard InChI is InChI=1S/C11H19BrN2S/c1-3-4-8(2)7-9(14-13)10-5-6-11(12)15-10/h5-6,8-9,14H,3-4,7,13H2,1-2H3. The van der Waals surface area contributed by atoms with E-state index < -0.39 is 0 Å². The molecule has 86 valence electrons. The van der Waals surface area contributed by atoms with Crippen LogP contribution in [0.2, 0.25) is 0 Å². The highest BCUT2D eigenvalue weighted by Crippen LogP contribution is 2.31. The van der Waals surface area contributed by atoms with Crippen LogP contribution < -0.4 is 11.3 Å². The van der Waals surface area contributed by atoms with Gasteiger partial charge in [-0.05, 0) is 40.4 Å². The van der Waals surface area contributed by atoms with Crippen molar-refractivity contribution in [3.05, 3.63) is 20.8 Å². The summed E-state index contributed by atoms with van der Waals surface area (Å²) < 4.78 is 1.17. The van der Waals surface area contributed by atoms with Crippen LogP contribution in [0.15, 0.2) is 15.9 Å². The van der Waals surface area contributed by atoms with Gasteiger partial charge in [0.2, 0.25) is 0 Å². The molecule has 2 atom stereocenters. The molecule has 1 aromatic rings. The summed E-state index contributed by atoms with van der Waals surface area (Å²) in [6.45, 7) is 4.51. The Bertz CT molecular complexity index is 288. The Morgan fingerprint density at radius 1 is 1.53 bits per heavy atom. The molecule has 0 aliphatic heterocycles. The van der Waals surface area contributed by atoms with Gasteiger partial charge >= 0.3 is 0 Å². The first-order valence-electron chi connectivity index (χ1n) is 5.38. The second-order valence-corrected chi connectivity index (χ2v) is 6.49. The van der Waals surface area contributed by atoms with Crippen LogP contribution in [0.25, 0.3) is 0 Å². The largest absolute Gasteiger partial charge is 0.271 e. The van der Waals surface area contributed by atoms with Gasteiger partial charge in [0.15, 0.2) is 0 Å². The van der Waals surface area contributed by atoms with Gasteiger partial charge < -0.3 is 0 Å². The van der Waals surface area contributed by atoms with Crippen molar-refractivity contribution in [2.24, 2.45) is 11.8 Å². The highest BCUT2D eigenvalue weighted by atomic mass is 79.9. The van der Waals surface area contributed by atoms with Crippen molar-refractivity contribution in [2.45, 2.75) is 39.2 Å². The van der Waals surface area contributed by atoms with Gasteiger partial charge in [-0.1, -0.05) is 26.7 Å². The molecule has 0 bridgehead atoms. The maximum Gasteiger partial charge on any atom is 0.0702 e. The van der Waals surface area contributed by atoms with Crippen molar-refractivity contribution < 1.29 is 0 Å². The number of nitrogens with one attached hydrogen (secondary N) is 1. The third-order valence-electron chi connectivity index (χ3n) is 2.56. The zero-order valence-corrected chi connectivity index (χ0v) is 11.7. The van der Waals surface area contributed by atoms with E-state index >= 15 is 0 Å². The lowest BCUT2D eigenvalue weighted by atomic mass is 9.97. The Kier molecular flexibility index (Phi) is 5.82. The molecule has 4 heteroatoms. The number of hydrogen-bond acceptors (Lipinski definition) is 3. The van der Waals surface area contributed by atoms with Gasteiger partial charge in [-0.25, -0.2) is 0 Å². The van der Waals surface area contributed by atoms with Crippen molar-refractivity contribution in [3.63, 3.8) is 0 Å².